The molecule has 0 radical (unpaired) electrons. The number of benzene rings is 1. The van der Waals surface area contributed by atoms with Crippen LogP contribution in [-0.4, -0.2) is 0 Å². The second-order valence-corrected chi connectivity index (χ2v) is 3.45. The van der Waals surface area contributed by atoms with E-state index in [1.165, 1.54) is 0 Å². The van der Waals surface area contributed by atoms with Crippen molar-refractivity contribution >= 4 is 5.69 Å². The summed E-state index contributed by atoms with van der Waals surface area (Å²) in [5, 5.41) is 17.0. The van der Waals surface area contributed by atoms with Crippen molar-refractivity contribution in [3.05, 3.63) is 28.1 Å². The normalized spacial score (nSPS) is 11.8. The molecule has 1 aromatic rings. The minimum absolute atomic E-state index is 0.682. The summed E-state index contributed by atoms with van der Waals surface area (Å²) in [4.78, 5) is 0. The van der Waals surface area contributed by atoms with E-state index in [4.69, 9.17) is 16.3 Å². The summed E-state index contributed by atoms with van der Waals surface area (Å²) in [6, 6.07) is 1.45. The van der Waals surface area contributed by atoms with Crippen LogP contribution in [0.15, 0.2) is 0 Å². The van der Waals surface area contributed by atoms with Crippen LogP contribution in [0.3, 0.4) is 0 Å². The van der Waals surface area contributed by atoms with Gasteiger partial charge in [-0.1, -0.05) is 0 Å². The molecule has 0 aromatic heterocycles. The maximum atomic E-state index is 13.4. The zero-order chi connectivity index (χ0) is 15.9. The summed E-state index contributed by atoms with van der Waals surface area (Å²) in [5.74, 6) is -2.16. The molecule has 2 N–H and O–H groups in total. The van der Waals surface area contributed by atoms with Gasteiger partial charge in [-0.15, -0.1) is 0 Å². The van der Waals surface area contributed by atoms with Crippen LogP contribution in [0.25, 0.3) is 0 Å². The van der Waals surface area contributed by atoms with E-state index in [2.05, 4.69) is 0 Å². The molecule has 0 aliphatic carbocycles. The largest absolute Gasteiger partial charge is 0.419 e. The summed E-state index contributed by atoms with van der Waals surface area (Å²) >= 11 is 0. The summed E-state index contributed by atoms with van der Waals surface area (Å²) in [5.41, 5.74) is -5.17. The topological polar surface area (TPSA) is 73.6 Å². The van der Waals surface area contributed by atoms with Crippen LogP contribution < -0.4 is 5.73 Å². The first-order chi connectivity index (χ1) is 8.96. The van der Waals surface area contributed by atoms with E-state index >= 15 is 0 Å². The van der Waals surface area contributed by atoms with Gasteiger partial charge in [0.15, 0.2) is 5.82 Å². The van der Waals surface area contributed by atoms with Gasteiger partial charge in [0.2, 0.25) is 0 Å². The van der Waals surface area contributed by atoms with Crippen molar-refractivity contribution < 1.29 is 30.7 Å². The highest BCUT2D eigenvalue weighted by Crippen LogP contribution is 2.45. The first-order valence-corrected chi connectivity index (χ1v) is 4.56. The zero-order valence-electron chi connectivity index (χ0n) is 9.12. The predicted octanol–water partition coefficient (Wildman–Crippen LogP) is 3.19. The average Bonchev–Trinajstić information content (AvgIpc) is 2.28. The fourth-order valence-electron chi connectivity index (χ4n) is 1.53. The molecule has 3 nitrogen and oxygen atoms in total. The number of alkyl halides is 6. The van der Waals surface area contributed by atoms with Crippen LogP contribution in [0.1, 0.15) is 22.3 Å². The number of rotatable bonds is 0. The molecule has 0 heterocycles. The molecule has 0 amide bonds. The van der Waals surface area contributed by atoms with Gasteiger partial charge in [-0.2, -0.15) is 36.9 Å². The smallest absolute Gasteiger partial charge is 0.396 e. The third-order valence-electron chi connectivity index (χ3n) is 2.27. The molecule has 1 aromatic carbocycles. The van der Waals surface area contributed by atoms with Gasteiger partial charge < -0.3 is 5.73 Å². The molecule has 0 aliphatic rings. The quantitative estimate of drug-likeness (QED) is 0.590. The van der Waals surface area contributed by atoms with E-state index in [1.807, 2.05) is 0 Å². The monoisotopic (exact) mass is 297 g/mol. The first kappa shape index (κ1) is 15.6. The van der Waals surface area contributed by atoms with Gasteiger partial charge in [0.25, 0.3) is 0 Å². The van der Waals surface area contributed by atoms with Crippen LogP contribution in [0.2, 0.25) is 0 Å². The Balaban J connectivity index is 4.10. The molecule has 0 bridgehead atoms. The SMILES string of the molecule is N#Cc1c(F)c(N)c(C(F)(F)F)c(C#N)c1C(F)(F)F. The van der Waals surface area contributed by atoms with Gasteiger partial charge in [0.05, 0.1) is 22.4 Å². The van der Waals surface area contributed by atoms with Crippen molar-refractivity contribution in [1.82, 2.24) is 0 Å². The Morgan fingerprint density at radius 2 is 1.20 bits per heavy atom. The Morgan fingerprint density at radius 3 is 1.50 bits per heavy atom. The number of nitriles is 2. The third kappa shape index (κ3) is 2.32. The lowest BCUT2D eigenvalue weighted by Gasteiger charge is -2.18. The first-order valence-electron chi connectivity index (χ1n) is 4.56. The van der Waals surface area contributed by atoms with Crippen molar-refractivity contribution in [2.75, 3.05) is 5.73 Å². The standard InChI is InChI=1S/C10H2F7N3/c11-7-4(2-19)5(9(12,13)14)3(1-18)6(8(7)20)10(15,16)17/h20H2. The van der Waals surface area contributed by atoms with Crippen molar-refractivity contribution in [2.24, 2.45) is 0 Å². The van der Waals surface area contributed by atoms with Gasteiger partial charge in [-0.05, 0) is 0 Å². The van der Waals surface area contributed by atoms with E-state index in [9.17, 15) is 30.7 Å². The van der Waals surface area contributed by atoms with Gasteiger partial charge in [0, 0.05) is 0 Å². The Labute approximate surface area is 106 Å². The summed E-state index contributed by atoms with van der Waals surface area (Å²) in [7, 11) is 0. The van der Waals surface area contributed by atoms with Crippen LogP contribution in [-0.2, 0) is 12.4 Å². The molecule has 0 atom stereocenters. The number of halogens is 7. The van der Waals surface area contributed by atoms with Gasteiger partial charge >= 0.3 is 12.4 Å². The van der Waals surface area contributed by atoms with Gasteiger partial charge in [-0.25, -0.2) is 4.39 Å². The molecule has 1 rings (SSSR count). The number of anilines is 1. The van der Waals surface area contributed by atoms with Crippen LogP contribution in [0.5, 0.6) is 0 Å². The summed E-state index contributed by atoms with van der Waals surface area (Å²) in [6.07, 6.45) is -11.0. The lowest BCUT2D eigenvalue weighted by molar-refractivity contribution is -0.143. The Bertz CT molecular complexity index is 644. The molecule has 0 fully saturated rings. The number of nitrogens with zero attached hydrogens (tertiary/aromatic N) is 2. The number of nitrogen functional groups attached to an aromatic ring is 1. The fraction of sp³-hybridized carbons (Fsp3) is 0.200. The molecule has 106 valence electrons. The highest BCUT2D eigenvalue weighted by Gasteiger charge is 2.46. The maximum Gasteiger partial charge on any atom is 0.419 e. The van der Waals surface area contributed by atoms with Gasteiger partial charge in [-0.3, -0.25) is 0 Å². The lowest BCUT2D eigenvalue weighted by atomic mass is 9.94. The van der Waals surface area contributed by atoms with E-state index in [0.717, 1.165) is 6.07 Å². The van der Waals surface area contributed by atoms with Gasteiger partial charge in [0.1, 0.15) is 17.7 Å². The Hall–Kier alpha value is -2.49. The van der Waals surface area contributed by atoms with Crippen molar-refractivity contribution in [1.29, 1.82) is 10.5 Å². The molecule has 10 heteroatoms. The van der Waals surface area contributed by atoms with Crippen LogP contribution in [0.4, 0.5) is 36.4 Å². The minimum atomic E-state index is -5.52. The molecule has 0 unspecified atom stereocenters. The van der Waals surface area contributed by atoms with E-state index in [0.29, 0.717) is 6.07 Å². The van der Waals surface area contributed by atoms with Crippen molar-refractivity contribution in [3.8, 4) is 12.1 Å². The van der Waals surface area contributed by atoms with E-state index < -0.39 is 46.1 Å². The summed E-state index contributed by atoms with van der Waals surface area (Å²) < 4.78 is 89.4. The Kier molecular flexibility index (Phi) is 3.55. The second kappa shape index (κ2) is 4.56. The van der Waals surface area contributed by atoms with Crippen molar-refractivity contribution in [3.63, 3.8) is 0 Å². The van der Waals surface area contributed by atoms with Crippen molar-refractivity contribution in [2.45, 2.75) is 12.4 Å². The summed E-state index contributed by atoms with van der Waals surface area (Å²) in [6.45, 7) is 0. The molecule has 20 heavy (non-hydrogen) atoms. The highest BCUT2D eigenvalue weighted by atomic mass is 19.4. The highest BCUT2D eigenvalue weighted by molar-refractivity contribution is 5.67. The molecule has 0 aliphatic heterocycles. The zero-order valence-corrected chi connectivity index (χ0v) is 9.12. The number of nitrogens with two attached hydrogens (primary N) is 1. The van der Waals surface area contributed by atoms with Crippen LogP contribution in [0, 0.1) is 28.5 Å². The molecule has 0 saturated heterocycles. The second-order valence-electron chi connectivity index (χ2n) is 3.45. The lowest BCUT2D eigenvalue weighted by Crippen LogP contribution is -2.21. The van der Waals surface area contributed by atoms with Crippen LogP contribution >= 0.6 is 0 Å². The molecular formula is C10H2F7N3. The van der Waals surface area contributed by atoms with E-state index in [1.54, 1.807) is 0 Å². The Morgan fingerprint density at radius 1 is 0.800 bits per heavy atom. The maximum absolute atomic E-state index is 13.4. The predicted molar refractivity (Wildman–Crippen MR) is 50.2 cm³/mol. The molecule has 0 spiro atoms. The minimum Gasteiger partial charge on any atom is -0.396 e. The number of hydrogen-bond donors (Lipinski definition) is 1. The third-order valence-corrected chi connectivity index (χ3v) is 2.27. The number of hydrogen-bond acceptors (Lipinski definition) is 3. The average molecular weight is 297 g/mol. The molecule has 0 saturated carbocycles. The fourth-order valence-corrected chi connectivity index (χ4v) is 1.53. The molecular weight excluding hydrogens is 295 g/mol. The van der Waals surface area contributed by atoms with E-state index in [-0.39, 0.29) is 0 Å².